The predicted octanol–water partition coefficient (Wildman–Crippen LogP) is 5.02. The van der Waals surface area contributed by atoms with Gasteiger partial charge in [0.25, 0.3) is 18.2 Å². The van der Waals surface area contributed by atoms with Crippen LogP contribution in [0.4, 0.5) is 27.8 Å². The number of nitrogens with zero attached hydrogens (tertiary/aromatic N) is 3. The van der Waals surface area contributed by atoms with Crippen LogP contribution in [0.3, 0.4) is 0 Å². The third kappa shape index (κ3) is 6.95. The average Bonchev–Trinajstić information content (AvgIpc) is 3.47. The second kappa shape index (κ2) is 11.5. The minimum atomic E-state index is -4.65. The summed E-state index contributed by atoms with van der Waals surface area (Å²) in [6, 6.07) is -1.47. The molecular formula is C24H30F5N5O3S. The highest BCUT2D eigenvalue weighted by atomic mass is 32.1. The van der Waals surface area contributed by atoms with Gasteiger partial charge < -0.3 is 20.6 Å². The minimum absolute atomic E-state index is 0.171. The monoisotopic (exact) mass is 565 g/mol. The van der Waals surface area contributed by atoms with Crippen LogP contribution < -0.4 is 10.6 Å². The van der Waals surface area contributed by atoms with E-state index in [2.05, 4.69) is 15.3 Å². The Labute approximate surface area is 223 Å². The van der Waals surface area contributed by atoms with Crippen molar-refractivity contribution in [1.29, 1.82) is 0 Å². The molecule has 2 amide bonds. The highest BCUT2D eigenvalue weighted by Crippen LogP contribution is 2.39. The summed E-state index contributed by atoms with van der Waals surface area (Å²) in [4.78, 5) is 35.6. The lowest BCUT2D eigenvalue weighted by Crippen LogP contribution is -2.38. The van der Waals surface area contributed by atoms with Gasteiger partial charge in [-0.15, -0.1) is 11.3 Å². The van der Waals surface area contributed by atoms with E-state index in [1.165, 1.54) is 11.8 Å². The lowest BCUT2D eigenvalue weighted by atomic mass is 10.1. The van der Waals surface area contributed by atoms with E-state index in [0.29, 0.717) is 30.7 Å². The van der Waals surface area contributed by atoms with Crippen LogP contribution >= 0.6 is 11.3 Å². The van der Waals surface area contributed by atoms with Crippen molar-refractivity contribution in [3.63, 3.8) is 0 Å². The molecule has 2 aromatic rings. The van der Waals surface area contributed by atoms with Gasteiger partial charge in [-0.1, -0.05) is 6.92 Å². The van der Waals surface area contributed by atoms with Crippen molar-refractivity contribution in [2.24, 2.45) is 0 Å². The first-order valence-corrected chi connectivity index (χ1v) is 12.7. The van der Waals surface area contributed by atoms with Crippen molar-refractivity contribution >= 4 is 29.0 Å². The molecule has 0 aliphatic carbocycles. The zero-order valence-electron chi connectivity index (χ0n) is 23.1. The van der Waals surface area contributed by atoms with Gasteiger partial charge in [-0.3, -0.25) is 9.59 Å². The maximum absolute atomic E-state index is 14.2. The van der Waals surface area contributed by atoms with Crippen LogP contribution in [0.2, 0.25) is 0 Å². The fraction of sp³-hybridized carbons (Fsp3) is 0.583. The third-order valence-electron chi connectivity index (χ3n) is 5.86. The van der Waals surface area contributed by atoms with E-state index in [9.17, 15) is 36.6 Å². The maximum atomic E-state index is 14.2. The van der Waals surface area contributed by atoms with Crippen LogP contribution in [0.5, 0.6) is 0 Å². The predicted molar refractivity (Wildman–Crippen MR) is 132 cm³/mol. The molecule has 1 unspecified atom stereocenters. The largest absolute Gasteiger partial charge is 0.408 e. The quantitative estimate of drug-likeness (QED) is 0.369. The normalized spacial score (nSPS) is 18.3. The molecule has 0 saturated carbocycles. The molecule has 0 aromatic carbocycles. The summed E-state index contributed by atoms with van der Waals surface area (Å²) >= 11 is 0.528. The van der Waals surface area contributed by atoms with Crippen LogP contribution in [0, 0.1) is 0 Å². The standard InChI is InChI=1S/C24H30F5N5O3S/c1-5-15(24(27,28)29)32-16-9-13(19(25)26)14(10-30-16)18-17(22(36)34-8-6-7-12(34)2)33-21(38-18)20(35)31-11-23(3,4)37/h9-10,12,15,19,37H,5-8,11H2,1-4H3,(H,30,32)(H,31,35)/t12-,15?/m0/s1/i11D2. The summed E-state index contributed by atoms with van der Waals surface area (Å²) in [5, 5.41) is 13.7. The first-order valence-electron chi connectivity index (χ1n) is 12.9. The second-order valence-electron chi connectivity index (χ2n) is 9.43. The van der Waals surface area contributed by atoms with Gasteiger partial charge in [-0.05, 0) is 46.1 Å². The third-order valence-corrected chi connectivity index (χ3v) is 6.95. The van der Waals surface area contributed by atoms with Gasteiger partial charge in [0.15, 0.2) is 5.01 Å². The number of carbonyl (C=O) groups excluding carboxylic acids is 2. The van der Waals surface area contributed by atoms with Crippen molar-refractivity contribution in [2.45, 2.75) is 77.2 Å². The molecule has 1 fully saturated rings. The van der Waals surface area contributed by atoms with E-state index in [4.69, 9.17) is 2.74 Å². The number of nitrogens with one attached hydrogen (secondary N) is 2. The maximum Gasteiger partial charge on any atom is 0.408 e. The Morgan fingerprint density at radius 2 is 2.03 bits per heavy atom. The Kier molecular flexibility index (Phi) is 8.07. The number of anilines is 1. The molecule has 0 radical (unpaired) electrons. The Morgan fingerprint density at radius 1 is 1.34 bits per heavy atom. The molecule has 0 spiro atoms. The number of hydrogen-bond acceptors (Lipinski definition) is 7. The van der Waals surface area contributed by atoms with Gasteiger partial charge in [0.05, 0.1) is 13.2 Å². The number of pyridine rings is 1. The highest BCUT2D eigenvalue weighted by Gasteiger charge is 2.39. The Hall–Kier alpha value is -2.87. The first kappa shape index (κ1) is 26.7. The summed E-state index contributed by atoms with van der Waals surface area (Å²) in [7, 11) is 0. The molecule has 3 rings (SSSR count). The van der Waals surface area contributed by atoms with Gasteiger partial charge in [-0.2, -0.15) is 13.2 Å². The fourth-order valence-corrected chi connectivity index (χ4v) is 4.88. The summed E-state index contributed by atoms with van der Waals surface area (Å²) in [6.45, 7) is 3.05. The van der Waals surface area contributed by atoms with Crippen molar-refractivity contribution < 1.29 is 39.4 Å². The molecular weight excluding hydrogens is 533 g/mol. The molecule has 2 atom stereocenters. The van der Waals surface area contributed by atoms with Crippen molar-refractivity contribution in [3.05, 3.63) is 28.5 Å². The Morgan fingerprint density at radius 3 is 2.55 bits per heavy atom. The van der Waals surface area contributed by atoms with Crippen LogP contribution in [0.15, 0.2) is 12.3 Å². The summed E-state index contributed by atoms with van der Waals surface area (Å²) < 4.78 is 84.0. The van der Waals surface area contributed by atoms with Gasteiger partial charge >= 0.3 is 6.18 Å². The number of aliphatic hydroxyl groups is 1. The van der Waals surface area contributed by atoms with Crippen LogP contribution in [0.1, 0.15) is 82.0 Å². The average molecular weight is 566 g/mol. The number of carbonyl (C=O) groups is 2. The number of halogens is 5. The van der Waals surface area contributed by atoms with E-state index < -0.39 is 58.9 Å². The number of hydrogen-bond donors (Lipinski definition) is 3. The zero-order chi connectivity index (χ0) is 30.2. The fourth-order valence-electron chi connectivity index (χ4n) is 3.89. The van der Waals surface area contributed by atoms with E-state index in [1.54, 1.807) is 6.92 Å². The number of aromatic nitrogens is 2. The molecule has 2 aromatic heterocycles. The van der Waals surface area contributed by atoms with Crippen molar-refractivity contribution in [1.82, 2.24) is 20.2 Å². The van der Waals surface area contributed by atoms with Crippen LogP contribution in [-0.2, 0) is 0 Å². The number of thiazole rings is 1. The van der Waals surface area contributed by atoms with Gasteiger partial charge in [0.1, 0.15) is 17.6 Å². The summed E-state index contributed by atoms with van der Waals surface area (Å²) in [5.41, 5.74) is -3.40. The SMILES string of the molecule is [2H]C([2H])(NC(=O)c1nc(C(=O)N2CCC[C@@H]2C)c(-c2cnc(NC(CC)C(F)(F)F)cc2C(F)F)s1)C(C)(C)O. The Balaban J connectivity index is 2.12. The molecule has 3 heterocycles. The van der Waals surface area contributed by atoms with E-state index in [-0.39, 0.29) is 28.6 Å². The molecule has 38 heavy (non-hydrogen) atoms. The van der Waals surface area contributed by atoms with Crippen molar-refractivity contribution in [3.8, 4) is 10.4 Å². The zero-order valence-corrected chi connectivity index (χ0v) is 21.9. The van der Waals surface area contributed by atoms with Crippen molar-refractivity contribution in [2.75, 3.05) is 18.4 Å². The lowest BCUT2D eigenvalue weighted by Gasteiger charge is -2.22. The second-order valence-corrected chi connectivity index (χ2v) is 10.4. The van der Waals surface area contributed by atoms with Gasteiger partial charge in [-0.25, -0.2) is 18.7 Å². The highest BCUT2D eigenvalue weighted by molar-refractivity contribution is 7.17. The van der Waals surface area contributed by atoms with E-state index >= 15 is 0 Å². The molecule has 14 heteroatoms. The molecule has 1 aliphatic heterocycles. The number of amides is 2. The van der Waals surface area contributed by atoms with E-state index in [0.717, 1.165) is 26.1 Å². The molecule has 0 bridgehead atoms. The van der Waals surface area contributed by atoms with Gasteiger partial charge in [0, 0.05) is 36.4 Å². The summed E-state index contributed by atoms with van der Waals surface area (Å²) in [6.07, 6.45) is -5.96. The molecule has 3 N–H and O–H groups in total. The first-order chi connectivity index (χ1) is 18.4. The minimum Gasteiger partial charge on any atom is -0.389 e. The Bertz CT molecular complexity index is 1250. The summed E-state index contributed by atoms with van der Waals surface area (Å²) in [5.74, 6) is -2.20. The lowest BCUT2D eigenvalue weighted by molar-refractivity contribution is -0.142. The number of rotatable bonds is 9. The molecule has 1 aliphatic rings. The molecule has 8 nitrogen and oxygen atoms in total. The van der Waals surface area contributed by atoms with E-state index in [1.807, 2.05) is 5.32 Å². The smallest absolute Gasteiger partial charge is 0.389 e. The number of likely N-dealkylation sites (tertiary alicyclic amines) is 1. The van der Waals surface area contributed by atoms with Crippen LogP contribution in [0.25, 0.3) is 10.4 Å². The molecule has 1 saturated heterocycles. The van der Waals surface area contributed by atoms with Gasteiger partial charge in [0.2, 0.25) is 0 Å². The van der Waals surface area contributed by atoms with Crippen LogP contribution in [-0.4, -0.2) is 68.7 Å². The topological polar surface area (TPSA) is 107 Å². The molecule has 210 valence electrons. The number of alkyl halides is 5.